The highest BCUT2D eigenvalue weighted by atomic mass is 16.5. The number of aromatic nitrogens is 3. The van der Waals surface area contributed by atoms with Gasteiger partial charge in [0.15, 0.2) is 0 Å². The number of rotatable bonds is 9. The molecule has 0 aliphatic rings. The first-order valence-corrected chi connectivity index (χ1v) is 9.49. The number of hydrogen-bond donors (Lipinski definition) is 1. The molecule has 0 fully saturated rings. The van der Waals surface area contributed by atoms with E-state index in [0.29, 0.717) is 18.7 Å². The third-order valence-electron chi connectivity index (χ3n) is 4.62. The minimum atomic E-state index is -0.238. The number of pyridine rings is 1. The van der Waals surface area contributed by atoms with Gasteiger partial charge in [-0.3, -0.25) is 9.78 Å². The minimum Gasteiger partial charge on any atom is -0.496 e. The number of para-hydroxylation sites is 1. The lowest BCUT2D eigenvalue weighted by atomic mass is 10.1. The number of nitrogens with one attached hydrogen (secondary N) is 1. The molecule has 0 atom stereocenters. The summed E-state index contributed by atoms with van der Waals surface area (Å²) in [6.07, 6.45) is 8.27. The van der Waals surface area contributed by atoms with Crippen molar-refractivity contribution in [2.45, 2.75) is 12.8 Å². The van der Waals surface area contributed by atoms with Gasteiger partial charge in [0.1, 0.15) is 17.3 Å². The van der Waals surface area contributed by atoms with Crippen LogP contribution in [0.2, 0.25) is 0 Å². The first-order valence-electron chi connectivity index (χ1n) is 9.49. The van der Waals surface area contributed by atoms with Crippen molar-refractivity contribution in [2.24, 2.45) is 0 Å². The maximum atomic E-state index is 12.3. The molecule has 0 unspecified atom stereocenters. The van der Waals surface area contributed by atoms with E-state index in [4.69, 9.17) is 4.74 Å². The van der Waals surface area contributed by atoms with Crippen LogP contribution in [-0.2, 0) is 12.8 Å². The Morgan fingerprint density at radius 2 is 1.86 bits per heavy atom. The average molecular weight is 391 g/mol. The standard InChI is InChI=1S/C22H25N5O2/c1-27(14-10-17-7-11-23-12-8-17)21-16-25-19(15-26-21)22(28)24-13-9-18-5-3-4-6-20(18)29-2/h3-8,11-12,15-16H,9-10,13-14H2,1-2H3,(H,24,28). The van der Waals surface area contributed by atoms with Gasteiger partial charge in [0.25, 0.3) is 5.91 Å². The molecule has 0 bridgehead atoms. The van der Waals surface area contributed by atoms with Crippen LogP contribution in [0.5, 0.6) is 5.75 Å². The Hall–Kier alpha value is -3.48. The van der Waals surface area contributed by atoms with Crippen molar-refractivity contribution in [3.05, 3.63) is 78.0 Å². The quantitative estimate of drug-likeness (QED) is 0.604. The number of carbonyl (C=O) groups is 1. The number of ether oxygens (including phenoxy) is 1. The summed E-state index contributed by atoms with van der Waals surface area (Å²) in [5.74, 6) is 1.31. The van der Waals surface area contributed by atoms with E-state index in [0.717, 1.165) is 30.1 Å². The Kier molecular flexibility index (Phi) is 7.10. The van der Waals surface area contributed by atoms with Crippen LogP contribution < -0.4 is 15.0 Å². The van der Waals surface area contributed by atoms with Gasteiger partial charge >= 0.3 is 0 Å². The van der Waals surface area contributed by atoms with Crippen LogP contribution in [-0.4, -0.2) is 48.1 Å². The fraction of sp³-hybridized carbons (Fsp3) is 0.273. The van der Waals surface area contributed by atoms with Gasteiger partial charge < -0.3 is 15.0 Å². The molecule has 29 heavy (non-hydrogen) atoms. The molecule has 3 aromatic rings. The SMILES string of the molecule is COc1ccccc1CCNC(=O)c1cnc(N(C)CCc2ccncc2)cn1. The molecule has 0 spiro atoms. The van der Waals surface area contributed by atoms with Crippen molar-refractivity contribution in [1.29, 1.82) is 0 Å². The molecule has 2 aromatic heterocycles. The van der Waals surface area contributed by atoms with Crippen molar-refractivity contribution < 1.29 is 9.53 Å². The van der Waals surface area contributed by atoms with Crippen LogP contribution in [0.1, 0.15) is 21.6 Å². The van der Waals surface area contributed by atoms with Gasteiger partial charge in [0.2, 0.25) is 0 Å². The molecule has 150 valence electrons. The van der Waals surface area contributed by atoms with Crippen LogP contribution in [0, 0.1) is 0 Å². The van der Waals surface area contributed by atoms with Crippen molar-refractivity contribution in [3.63, 3.8) is 0 Å². The van der Waals surface area contributed by atoms with Crippen molar-refractivity contribution in [2.75, 3.05) is 32.1 Å². The second kappa shape index (κ2) is 10.2. The molecule has 0 aliphatic carbocycles. The molecule has 0 saturated carbocycles. The second-order valence-corrected chi connectivity index (χ2v) is 6.60. The zero-order valence-corrected chi connectivity index (χ0v) is 16.7. The molecule has 2 heterocycles. The van der Waals surface area contributed by atoms with Gasteiger partial charge in [-0.15, -0.1) is 0 Å². The maximum absolute atomic E-state index is 12.3. The van der Waals surface area contributed by atoms with Crippen LogP contribution >= 0.6 is 0 Å². The zero-order valence-electron chi connectivity index (χ0n) is 16.7. The summed E-state index contributed by atoms with van der Waals surface area (Å²) in [4.78, 5) is 27.0. The zero-order chi connectivity index (χ0) is 20.5. The first-order chi connectivity index (χ1) is 14.2. The molecule has 1 amide bonds. The number of amides is 1. The Balaban J connectivity index is 1.49. The highest BCUT2D eigenvalue weighted by Crippen LogP contribution is 2.17. The maximum Gasteiger partial charge on any atom is 0.271 e. The third kappa shape index (κ3) is 5.75. The van der Waals surface area contributed by atoms with E-state index in [1.807, 2.05) is 48.3 Å². The van der Waals surface area contributed by atoms with E-state index >= 15 is 0 Å². The molecular weight excluding hydrogens is 366 g/mol. The van der Waals surface area contributed by atoms with Crippen molar-refractivity contribution >= 4 is 11.7 Å². The Bertz CT molecular complexity index is 916. The Morgan fingerprint density at radius 3 is 2.59 bits per heavy atom. The van der Waals surface area contributed by atoms with E-state index in [1.165, 1.54) is 11.8 Å². The molecule has 1 aromatic carbocycles. The smallest absolute Gasteiger partial charge is 0.271 e. The number of nitrogens with zero attached hydrogens (tertiary/aromatic N) is 4. The van der Waals surface area contributed by atoms with Gasteiger partial charge in [-0.25, -0.2) is 9.97 Å². The van der Waals surface area contributed by atoms with Gasteiger partial charge in [0.05, 0.1) is 19.5 Å². The molecular formula is C22H25N5O2. The summed E-state index contributed by atoms with van der Waals surface area (Å²) < 4.78 is 5.33. The molecule has 0 aliphatic heterocycles. The average Bonchev–Trinajstić information content (AvgIpc) is 2.78. The number of anilines is 1. The lowest BCUT2D eigenvalue weighted by Crippen LogP contribution is -2.27. The van der Waals surface area contributed by atoms with Gasteiger partial charge in [-0.1, -0.05) is 18.2 Å². The Morgan fingerprint density at radius 1 is 1.07 bits per heavy atom. The summed E-state index contributed by atoms with van der Waals surface area (Å²) >= 11 is 0. The van der Waals surface area contributed by atoms with E-state index in [9.17, 15) is 4.79 Å². The molecule has 7 heteroatoms. The van der Waals surface area contributed by atoms with Gasteiger partial charge in [0, 0.05) is 32.5 Å². The highest BCUT2D eigenvalue weighted by Gasteiger charge is 2.10. The number of carbonyl (C=O) groups excluding carboxylic acids is 1. The van der Waals surface area contributed by atoms with E-state index in [1.54, 1.807) is 25.7 Å². The van der Waals surface area contributed by atoms with Crippen molar-refractivity contribution in [1.82, 2.24) is 20.3 Å². The van der Waals surface area contributed by atoms with Crippen LogP contribution in [0.4, 0.5) is 5.82 Å². The first kappa shape index (κ1) is 20.3. The second-order valence-electron chi connectivity index (χ2n) is 6.60. The van der Waals surface area contributed by atoms with Crippen LogP contribution in [0.15, 0.2) is 61.2 Å². The summed E-state index contributed by atoms with van der Waals surface area (Å²) in [5.41, 5.74) is 2.56. The molecule has 1 N–H and O–H groups in total. The summed E-state index contributed by atoms with van der Waals surface area (Å²) in [7, 11) is 3.60. The summed E-state index contributed by atoms with van der Waals surface area (Å²) in [5, 5.41) is 2.88. The molecule has 3 rings (SSSR count). The lowest BCUT2D eigenvalue weighted by molar-refractivity contribution is 0.0948. The highest BCUT2D eigenvalue weighted by molar-refractivity contribution is 5.92. The molecule has 0 radical (unpaired) electrons. The van der Waals surface area contributed by atoms with Crippen LogP contribution in [0.25, 0.3) is 0 Å². The monoisotopic (exact) mass is 391 g/mol. The predicted molar refractivity (Wildman–Crippen MR) is 112 cm³/mol. The summed E-state index contributed by atoms with van der Waals surface area (Å²) in [6.45, 7) is 1.29. The van der Waals surface area contributed by atoms with Crippen molar-refractivity contribution in [3.8, 4) is 5.75 Å². The topological polar surface area (TPSA) is 80.2 Å². The number of hydrogen-bond acceptors (Lipinski definition) is 6. The fourth-order valence-corrected chi connectivity index (χ4v) is 2.91. The minimum absolute atomic E-state index is 0.238. The Labute approximate surface area is 170 Å². The number of benzene rings is 1. The molecule has 0 saturated heterocycles. The van der Waals surface area contributed by atoms with Crippen LogP contribution in [0.3, 0.4) is 0 Å². The van der Waals surface area contributed by atoms with E-state index < -0.39 is 0 Å². The largest absolute Gasteiger partial charge is 0.496 e. The fourth-order valence-electron chi connectivity index (χ4n) is 2.91. The molecule has 7 nitrogen and oxygen atoms in total. The lowest BCUT2D eigenvalue weighted by Gasteiger charge is -2.17. The van der Waals surface area contributed by atoms with Gasteiger partial charge in [-0.2, -0.15) is 0 Å². The number of methoxy groups -OCH3 is 1. The van der Waals surface area contributed by atoms with E-state index in [2.05, 4.69) is 20.3 Å². The summed E-state index contributed by atoms with van der Waals surface area (Å²) in [6, 6.07) is 11.8. The van der Waals surface area contributed by atoms with Gasteiger partial charge in [-0.05, 0) is 42.2 Å². The number of likely N-dealkylation sites (N-methyl/N-ethyl adjacent to an activating group) is 1. The third-order valence-corrected chi connectivity index (χ3v) is 4.62. The normalized spacial score (nSPS) is 10.4. The predicted octanol–water partition coefficient (Wildman–Crippen LogP) is 2.53. The van der Waals surface area contributed by atoms with E-state index in [-0.39, 0.29) is 5.91 Å².